The van der Waals surface area contributed by atoms with E-state index >= 15 is 0 Å². The van der Waals surface area contributed by atoms with Crippen LogP contribution in [-0.4, -0.2) is 50.9 Å². The van der Waals surface area contributed by atoms with E-state index in [1.54, 1.807) is 24.5 Å². The molecule has 0 aliphatic carbocycles. The van der Waals surface area contributed by atoms with Gasteiger partial charge in [-0.2, -0.15) is 15.6 Å². The number of benzene rings is 1. The van der Waals surface area contributed by atoms with Gasteiger partial charge in [0.1, 0.15) is 16.6 Å². The summed E-state index contributed by atoms with van der Waals surface area (Å²) in [6, 6.07) is 11.7. The molecular weight excluding hydrogens is 521 g/mol. The Balaban J connectivity index is 1.51. The number of ether oxygens (including phenoxy) is 1. The van der Waals surface area contributed by atoms with Crippen LogP contribution in [0.1, 0.15) is 33.3 Å². The Morgan fingerprint density at radius 3 is 2.62 bits per heavy atom. The molecule has 3 rings (SSSR count). The van der Waals surface area contributed by atoms with Gasteiger partial charge in [-0.15, -0.1) is 11.3 Å². The lowest BCUT2D eigenvalue weighted by molar-refractivity contribution is 0.284. The maximum absolute atomic E-state index is 13.0. The van der Waals surface area contributed by atoms with Crippen molar-refractivity contribution in [2.45, 2.75) is 38.4 Å². The monoisotopic (exact) mass is 556 g/mol. The fraction of sp³-hybridized carbons (Fsp3) is 0.379. The molecule has 0 saturated heterocycles. The first kappa shape index (κ1) is 29.2. The third-order valence-electron chi connectivity index (χ3n) is 5.53. The van der Waals surface area contributed by atoms with Crippen LogP contribution >= 0.6 is 22.7 Å². The number of rotatable bonds is 12. The van der Waals surface area contributed by atoms with E-state index in [1.807, 2.05) is 46.5 Å². The Morgan fingerprint density at radius 2 is 1.92 bits per heavy atom. The van der Waals surface area contributed by atoms with Gasteiger partial charge in [0.05, 0.1) is 0 Å². The normalized spacial score (nSPS) is 12.3. The molecule has 0 atom stereocenters. The highest BCUT2D eigenvalue weighted by Crippen LogP contribution is 2.31. The molecule has 2 heterocycles. The molecule has 0 radical (unpaired) electrons. The lowest BCUT2D eigenvalue weighted by atomic mass is 9.98. The molecule has 0 fully saturated rings. The lowest BCUT2D eigenvalue weighted by Gasteiger charge is -2.19. The minimum atomic E-state index is -3.56. The number of allylic oxidation sites excluding steroid dienone is 1. The largest absolute Gasteiger partial charge is 0.492 e. The number of thiophene rings is 2. The van der Waals surface area contributed by atoms with Crippen molar-refractivity contribution in [3.05, 3.63) is 70.3 Å². The van der Waals surface area contributed by atoms with Crippen molar-refractivity contribution < 1.29 is 13.2 Å². The summed E-state index contributed by atoms with van der Waals surface area (Å²) < 4.78 is 33.6. The molecular formula is C29H36N2O3S3. The van der Waals surface area contributed by atoms with E-state index in [0.717, 1.165) is 42.1 Å². The van der Waals surface area contributed by atoms with Crippen LogP contribution in [0, 0.1) is 17.3 Å². The van der Waals surface area contributed by atoms with Gasteiger partial charge in [-0.1, -0.05) is 37.0 Å². The first-order valence-corrected chi connectivity index (χ1v) is 15.5. The van der Waals surface area contributed by atoms with Crippen molar-refractivity contribution in [2.24, 2.45) is 5.41 Å². The molecule has 198 valence electrons. The summed E-state index contributed by atoms with van der Waals surface area (Å²) in [5, 5.41) is 5.89. The molecule has 0 bridgehead atoms. The summed E-state index contributed by atoms with van der Waals surface area (Å²) in [4.78, 5) is 2.32. The van der Waals surface area contributed by atoms with Crippen LogP contribution in [0.25, 0.3) is 11.1 Å². The highest BCUT2D eigenvalue weighted by Gasteiger charge is 2.23. The molecule has 2 aromatic heterocycles. The highest BCUT2D eigenvalue weighted by molar-refractivity contribution is 7.91. The third kappa shape index (κ3) is 9.13. The van der Waals surface area contributed by atoms with Crippen LogP contribution in [-0.2, 0) is 16.6 Å². The van der Waals surface area contributed by atoms with E-state index < -0.39 is 10.0 Å². The van der Waals surface area contributed by atoms with Crippen LogP contribution in [0.4, 0.5) is 0 Å². The van der Waals surface area contributed by atoms with Crippen LogP contribution in [0.3, 0.4) is 0 Å². The summed E-state index contributed by atoms with van der Waals surface area (Å²) in [5.74, 6) is 7.06. The summed E-state index contributed by atoms with van der Waals surface area (Å²) in [5.41, 5.74) is 3.13. The summed E-state index contributed by atoms with van der Waals surface area (Å²) >= 11 is 2.84. The predicted molar refractivity (Wildman–Crippen MR) is 157 cm³/mol. The third-order valence-corrected chi connectivity index (χ3v) is 9.49. The zero-order valence-corrected chi connectivity index (χ0v) is 24.7. The molecule has 3 aromatic rings. The average molecular weight is 557 g/mol. The second-order valence-corrected chi connectivity index (χ2v) is 13.7. The van der Waals surface area contributed by atoms with Gasteiger partial charge in [-0.25, -0.2) is 8.42 Å². The van der Waals surface area contributed by atoms with Gasteiger partial charge in [0, 0.05) is 32.1 Å². The molecule has 0 saturated carbocycles. The van der Waals surface area contributed by atoms with Gasteiger partial charge in [-0.3, -0.25) is 4.90 Å². The molecule has 8 heteroatoms. The minimum Gasteiger partial charge on any atom is -0.492 e. The smallest absolute Gasteiger partial charge is 0.252 e. The predicted octanol–water partition coefficient (Wildman–Crippen LogP) is 6.60. The van der Waals surface area contributed by atoms with Gasteiger partial charge >= 0.3 is 0 Å². The van der Waals surface area contributed by atoms with E-state index in [0.29, 0.717) is 4.21 Å². The number of likely N-dealkylation sites (N-methyl/N-ethyl adjacent to an activating group) is 2. The van der Waals surface area contributed by atoms with Gasteiger partial charge in [-0.05, 0) is 90.5 Å². The summed E-state index contributed by atoms with van der Waals surface area (Å²) in [6.07, 6.45) is 4.02. The molecule has 0 N–H and O–H groups in total. The molecule has 37 heavy (non-hydrogen) atoms. The number of hydrogen-bond donors (Lipinski definition) is 0. The fourth-order valence-corrected chi connectivity index (χ4v) is 6.63. The standard InChI is InChI=1S/C29H36N2O3S3/c1-6-31(15-9-7-8-14-29(2,3)4)21-24-11-10-12-27(19-24)34-17-16-30(5)37(32,33)28-20-26(23-36-28)25-13-18-35-22-25/h7,9-13,18-20,22-23H,6,15-17,21H2,1-5H3/b9-7+. The van der Waals surface area contributed by atoms with Gasteiger partial charge in [0.15, 0.2) is 0 Å². The Kier molecular flexibility index (Phi) is 10.6. The van der Waals surface area contributed by atoms with Crippen LogP contribution < -0.4 is 4.74 Å². The van der Waals surface area contributed by atoms with Gasteiger partial charge in [0.25, 0.3) is 10.0 Å². The highest BCUT2D eigenvalue weighted by atomic mass is 32.2. The van der Waals surface area contributed by atoms with Crippen molar-refractivity contribution >= 4 is 32.7 Å². The molecule has 0 aliphatic heterocycles. The van der Waals surface area contributed by atoms with Gasteiger partial charge in [0.2, 0.25) is 0 Å². The van der Waals surface area contributed by atoms with E-state index in [4.69, 9.17) is 4.74 Å². The van der Waals surface area contributed by atoms with Crippen LogP contribution in [0.15, 0.2) is 68.9 Å². The zero-order valence-electron chi connectivity index (χ0n) is 22.2. The molecule has 0 unspecified atom stereocenters. The van der Waals surface area contributed by atoms with E-state index in [2.05, 4.69) is 56.6 Å². The topological polar surface area (TPSA) is 49.9 Å². The van der Waals surface area contributed by atoms with Gasteiger partial charge < -0.3 is 4.74 Å². The van der Waals surface area contributed by atoms with E-state index in [1.165, 1.54) is 15.6 Å². The fourth-order valence-electron chi connectivity index (χ4n) is 3.41. The quantitative estimate of drug-likeness (QED) is 0.236. The van der Waals surface area contributed by atoms with Crippen LogP contribution in [0.2, 0.25) is 0 Å². The van der Waals surface area contributed by atoms with E-state index in [9.17, 15) is 8.42 Å². The Bertz CT molecular complexity index is 1320. The first-order chi connectivity index (χ1) is 17.6. The molecule has 0 spiro atoms. The Morgan fingerprint density at radius 1 is 1.11 bits per heavy atom. The van der Waals surface area contributed by atoms with Crippen LogP contribution in [0.5, 0.6) is 5.75 Å². The SMILES string of the molecule is CCN(C/C=C/C#CC(C)(C)C)Cc1cccc(OCCN(C)S(=O)(=O)c2cc(-c3ccsc3)cs2)c1. The minimum absolute atomic E-state index is 0.00580. The van der Waals surface area contributed by atoms with Crippen molar-refractivity contribution in [3.63, 3.8) is 0 Å². The van der Waals surface area contributed by atoms with Crippen molar-refractivity contribution in [2.75, 3.05) is 33.3 Å². The summed E-state index contributed by atoms with van der Waals surface area (Å²) in [6.45, 7) is 11.5. The van der Waals surface area contributed by atoms with Crippen molar-refractivity contribution in [3.8, 4) is 28.7 Å². The molecule has 5 nitrogen and oxygen atoms in total. The molecule has 0 aliphatic rings. The summed E-state index contributed by atoms with van der Waals surface area (Å²) in [7, 11) is -1.97. The van der Waals surface area contributed by atoms with E-state index in [-0.39, 0.29) is 18.6 Å². The lowest BCUT2D eigenvalue weighted by Crippen LogP contribution is -2.30. The van der Waals surface area contributed by atoms with Crippen molar-refractivity contribution in [1.29, 1.82) is 0 Å². The maximum Gasteiger partial charge on any atom is 0.252 e. The second kappa shape index (κ2) is 13.4. The number of sulfonamides is 1. The first-order valence-electron chi connectivity index (χ1n) is 12.3. The molecule has 1 aromatic carbocycles. The Labute approximate surface area is 230 Å². The maximum atomic E-state index is 13.0. The zero-order chi connectivity index (χ0) is 26.9. The second-order valence-electron chi connectivity index (χ2n) is 9.74. The average Bonchev–Trinajstić information content (AvgIpc) is 3.55. The number of nitrogens with zero attached hydrogens (tertiary/aromatic N) is 2. The molecule has 0 amide bonds. The number of hydrogen-bond acceptors (Lipinski definition) is 6. The van der Waals surface area contributed by atoms with Crippen molar-refractivity contribution in [1.82, 2.24) is 9.21 Å². The Hall–Kier alpha value is -2.41.